The lowest BCUT2D eigenvalue weighted by Gasteiger charge is -2.28. The fourth-order valence-electron chi connectivity index (χ4n) is 6.30. The molecule has 21 heteroatoms. The van der Waals surface area contributed by atoms with Gasteiger partial charge in [0.1, 0.15) is 11.5 Å². The van der Waals surface area contributed by atoms with Crippen LogP contribution in [0.1, 0.15) is 114 Å². The minimum absolute atomic E-state index is 0.314. The molecule has 0 heterocycles. The monoisotopic (exact) mass is 850 g/mol. The maximum Gasteiger partial charge on any atom is 0.534 e. The Morgan fingerprint density at radius 2 is 0.852 bits per heavy atom. The highest BCUT2D eigenvalue weighted by Gasteiger charge is 2.57. The Hall–Kier alpha value is -2.78. The van der Waals surface area contributed by atoms with Crippen molar-refractivity contribution in [3.8, 4) is 11.5 Å². The van der Waals surface area contributed by atoms with Crippen LogP contribution in [0.3, 0.4) is 0 Å². The Bertz CT molecular complexity index is 1720. The van der Waals surface area contributed by atoms with Crippen LogP contribution in [0.2, 0.25) is 0 Å². The maximum absolute atomic E-state index is 12.3. The Morgan fingerprint density at radius 3 is 1.15 bits per heavy atom. The van der Waals surface area contributed by atoms with Gasteiger partial charge in [-0.25, -0.2) is 0 Å². The molecule has 0 aliphatic heterocycles. The lowest BCUT2D eigenvalue weighted by Crippen LogP contribution is -2.34. The van der Waals surface area contributed by atoms with Crippen LogP contribution < -0.4 is 4.18 Å². The molecule has 2 aliphatic rings. The first-order valence-corrected chi connectivity index (χ1v) is 21.2. The molecule has 2 aromatic rings. The number of phenols is 1. The maximum atomic E-state index is 12.3. The highest BCUT2D eigenvalue weighted by atomic mass is 32.3. The van der Waals surface area contributed by atoms with E-state index in [1.807, 2.05) is 15.8 Å². The van der Waals surface area contributed by atoms with Gasteiger partial charge in [-0.05, 0) is 110 Å². The molecule has 2 fully saturated rings. The van der Waals surface area contributed by atoms with E-state index < -0.39 is 46.9 Å². The molecule has 9 nitrogen and oxygen atoms in total. The topological polar surface area (TPSA) is 141 Å². The Morgan fingerprint density at radius 1 is 0.537 bits per heavy atom. The minimum Gasteiger partial charge on any atom is -0.508 e. The summed E-state index contributed by atoms with van der Waals surface area (Å²) in [6.45, 7) is 4.46. The third-order valence-electron chi connectivity index (χ3n) is 9.04. The van der Waals surface area contributed by atoms with Crippen LogP contribution in [-0.4, -0.2) is 46.9 Å². The molecule has 2 aliphatic carbocycles. The van der Waals surface area contributed by atoms with E-state index in [2.05, 4.69) is 30.2 Å². The first kappa shape index (κ1) is 47.4. The Balaban J connectivity index is 0.000000290. The molecular formula is C33H43F9O9S3. The van der Waals surface area contributed by atoms with Crippen molar-refractivity contribution in [3.05, 3.63) is 59.7 Å². The summed E-state index contributed by atoms with van der Waals surface area (Å²) in [6, 6.07) is 13.7. The third kappa shape index (κ3) is 14.4. The Labute approximate surface area is 309 Å². The standard InChI is InChI=1S/C16H21F3O3S.C15H22O.C2F6O5S2/c1-2-3-12-4-6-13(7-5-12)14-8-10-15(11-9-14)22-23(20,21)16(17,18)19;1-2-3-12-4-6-13(7-5-12)14-8-10-15(16)11-9-14;3-1(4,5)14(9,10)13-15(11,12)2(6,7)8/h8-13H,2-7H2,1H3;8-13,16H,2-7H2,1H3;. The van der Waals surface area contributed by atoms with Crippen molar-refractivity contribution < 1.29 is 77.7 Å². The molecule has 2 saturated carbocycles. The average molecular weight is 851 g/mol. The fourth-order valence-corrected chi connectivity index (χ4v) is 8.32. The number of rotatable bonds is 10. The summed E-state index contributed by atoms with van der Waals surface area (Å²) in [5, 5.41) is 9.27. The summed E-state index contributed by atoms with van der Waals surface area (Å²) >= 11 is 0. The second-order valence-corrected chi connectivity index (χ2v) is 17.8. The smallest absolute Gasteiger partial charge is 0.508 e. The van der Waals surface area contributed by atoms with E-state index in [-0.39, 0.29) is 5.75 Å². The second kappa shape index (κ2) is 19.4. The predicted molar refractivity (Wildman–Crippen MR) is 180 cm³/mol. The predicted octanol–water partition coefficient (Wildman–Crippen LogP) is 10.2. The first-order chi connectivity index (χ1) is 24.7. The van der Waals surface area contributed by atoms with Gasteiger partial charge in [0.15, 0.2) is 0 Å². The molecule has 0 saturated heterocycles. The summed E-state index contributed by atoms with van der Waals surface area (Å²) in [7, 11) is -19.3. The van der Waals surface area contributed by atoms with E-state index in [0.717, 1.165) is 36.2 Å². The van der Waals surface area contributed by atoms with Crippen LogP contribution in [0.4, 0.5) is 39.5 Å². The zero-order chi connectivity index (χ0) is 41.2. The van der Waals surface area contributed by atoms with E-state index >= 15 is 0 Å². The van der Waals surface area contributed by atoms with Crippen molar-refractivity contribution in [2.75, 3.05) is 0 Å². The van der Waals surface area contributed by atoms with Crippen molar-refractivity contribution in [3.63, 3.8) is 0 Å². The van der Waals surface area contributed by atoms with Gasteiger partial charge in [-0.2, -0.15) is 64.8 Å². The molecule has 0 atom stereocenters. The average Bonchev–Trinajstić information content (AvgIpc) is 3.05. The van der Waals surface area contributed by atoms with Crippen LogP contribution in [-0.2, 0) is 34.0 Å². The molecule has 310 valence electrons. The molecule has 2 aromatic carbocycles. The lowest BCUT2D eigenvalue weighted by molar-refractivity contribution is -0.0586. The van der Waals surface area contributed by atoms with Gasteiger partial charge in [0.05, 0.1) is 0 Å². The number of hydrogen-bond donors (Lipinski definition) is 1. The Kier molecular flexibility index (Phi) is 17.0. The van der Waals surface area contributed by atoms with Gasteiger partial charge in [0.2, 0.25) is 0 Å². The van der Waals surface area contributed by atoms with E-state index in [9.17, 15) is 69.9 Å². The molecule has 4 rings (SSSR count). The van der Waals surface area contributed by atoms with E-state index in [1.54, 1.807) is 12.1 Å². The SMILES string of the molecule is CCCC1CCC(c2ccc(O)cc2)CC1.CCCC1CCC(c2ccc(OS(=O)(=O)C(F)(F)F)cc2)CC1.O=S(=O)(OS(=O)(=O)C(F)(F)F)C(F)(F)F. The normalized spacial score (nSPS) is 21.5. The summed E-state index contributed by atoms with van der Waals surface area (Å²) in [5.41, 5.74) is -15.5. The van der Waals surface area contributed by atoms with Crippen LogP contribution >= 0.6 is 0 Å². The highest BCUT2D eigenvalue weighted by molar-refractivity contribution is 8.00. The number of benzene rings is 2. The molecule has 0 amide bonds. The molecular weight excluding hydrogens is 808 g/mol. The zero-order valence-electron chi connectivity index (χ0n) is 29.3. The van der Waals surface area contributed by atoms with Gasteiger partial charge in [0.25, 0.3) is 0 Å². The van der Waals surface area contributed by atoms with Crippen LogP contribution in [0.15, 0.2) is 48.5 Å². The number of aromatic hydroxyl groups is 1. The second-order valence-electron chi connectivity index (χ2n) is 13.0. The number of hydrogen-bond acceptors (Lipinski definition) is 9. The minimum atomic E-state index is -6.85. The van der Waals surface area contributed by atoms with Crippen LogP contribution in [0.25, 0.3) is 0 Å². The van der Waals surface area contributed by atoms with Gasteiger partial charge < -0.3 is 9.29 Å². The van der Waals surface area contributed by atoms with Gasteiger partial charge in [-0.15, -0.1) is 3.63 Å². The van der Waals surface area contributed by atoms with Gasteiger partial charge >= 0.3 is 46.9 Å². The van der Waals surface area contributed by atoms with Gasteiger partial charge in [-0.3, -0.25) is 0 Å². The van der Waals surface area contributed by atoms with E-state index in [4.69, 9.17) is 0 Å². The molecule has 54 heavy (non-hydrogen) atoms. The quantitative estimate of drug-likeness (QED) is 0.140. The van der Waals surface area contributed by atoms with Crippen molar-refractivity contribution >= 4 is 30.4 Å². The third-order valence-corrected chi connectivity index (χ3v) is 12.6. The van der Waals surface area contributed by atoms with Crippen molar-refractivity contribution in [1.29, 1.82) is 0 Å². The fraction of sp³-hybridized carbons (Fsp3) is 0.636. The van der Waals surface area contributed by atoms with Crippen molar-refractivity contribution in [2.24, 2.45) is 11.8 Å². The molecule has 0 spiro atoms. The zero-order valence-corrected chi connectivity index (χ0v) is 31.7. The summed E-state index contributed by atoms with van der Waals surface area (Å²) in [4.78, 5) is 0. The number of alkyl halides is 9. The molecule has 0 radical (unpaired) electrons. The number of phenolic OH excluding ortho intramolecular Hbond substituents is 1. The first-order valence-electron chi connectivity index (χ1n) is 17.0. The molecule has 0 aromatic heterocycles. The summed E-state index contributed by atoms with van der Waals surface area (Å²) in [6.07, 6.45) is 15.1. The van der Waals surface area contributed by atoms with E-state index in [1.165, 1.54) is 81.9 Å². The molecule has 0 unspecified atom stereocenters. The van der Waals surface area contributed by atoms with Crippen LogP contribution in [0, 0.1) is 11.8 Å². The van der Waals surface area contributed by atoms with Crippen molar-refractivity contribution in [2.45, 2.75) is 119 Å². The molecule has 1 N–H and O–H groups in total. The highest BCUT2D eigenvalue weighted by Crippen LogP contribution is 2.39. The summed E-state index contributed by atoms with van der Waals surface area (Å²) in [5.74, 6) is 2.92. The lowest BCUT2D eigenvalue weighted by atomic mass is 9.77. The van der Waals surface area contributed by atoms with Crippen molar-refractivity contribution in [1.82, 2.24) is 0 Å². The van der Waals surface area contributed by atoms with E-state index in [0.29, 0.717) is 11.7 Å². The van der Waals surface area contributed by atoms with Gasteiger partial charge in [0, 0.05) is 0 Å². The molecule has 0 bridgehead atoms. The van der Waals surface area contributed by atoms with Gasteiger partial charge in [-0.1, -0.05) is 63.8 Å². The number of halogens is 9. The summed E-state index contributed by atoms with van der Waals surface area (Å²) < 4.78 is 173. The largest absolute Gasteiger partial charge is 0.534 e. The van der Waals surface area contributed by atoms with Crippen LogP contribution in [0.5, 0.6) is 11.5 Å².